The van der Waals surface area contributed by atoms with Crippen molar-refractivity contribution in [3.05, 3.63) is 52.0 Å². The van der Waals surface area contributed by atoms with Gasteiger partial charge < -0.3 is 10.4 Å². The van der Waals surface area contributed by atoms with Gasteiger partial charge in [0, 0.05) is 13.1 Å². The van der Waals surface area contributed by atoms with Crippen LogP contribution in [0, 0.1) is 5.92 Å². The van der Waals surface area contributed by atoms with E-state index in [1.807, 2.05) is 18.2 Å². The highest BCUT2D eigenvalue weighted by atomic mass is 35.5. The molecule has 0 atom stereocenters. The zero-order chi connectivity index (χ0) is 27.7. The number of tetrazole rings is 1. The smallest absolute Gasteiger partial charge is 0.306 e. The first kappa shape index (κ1) is 27.8. The van der Waals surface area contributed by atoms with Crippen LogP contribution in [0.5, 0.6) is 0 Å². The number of thioether (sulfide) groups is 1. The fraction of sp³-hybridized carbons (Fsp3) is 0.375. The van der Waals surface area contributed by atoms with Crippen molar-refractivity contribution >= 4 is 62.6 Å². The van der Waals surface area contributed by atoms with Gasteiger partial charge in [-0.3, -0.25) is 9.59 Å². The van der Waals surface area contributed by atoms with Crippen LogP contribution in [-0.2, 0) is 19.6 Å². The van der Waals surface area contributed by atoms with E-state index in [2.05, 4.69) is 20.8 Å². The number of hydrogen-bond donors (Lipinski definition) is 2. The molecule has 15 heteroatoms. The van der Waals surface area contributed by atoms with Gasteiger partial charge in [0.25, 0.3) is 0 Å². The third-order valence-corrected chi connectivity index (χ3v) is 10.1. The molecule has 0 spiro atoms. The van der Waals surface area contributed by atoms with Crippen LogP contribution in [-0.4, -0.2) is 68.8 Å². The van der Waals surface area contributed by atoms with Gasteiger partial charge in [0.15, 0.2) is 0 Å². The maximum absolute atomic E-state index is 13.0. The zero-order valence-electron chi connectivity index (χ0n) is 20.5. The molecule has 2 N–H and O–H groups in total. The molecule has 1 aromatic heterocycles. The molecular weight excluding hydrogens is 587 g/mol. The van der Waals surface area contributed by atoms with Gasteiger partial charge in [-0.25, -0.2) is 8.42 Å². The average Bonchev–Trinajstić information content (AvgIpc) is 3.66. The topological polar surface area (TPSA) is 147 Å². The standard InChI is InChI=1S/C24H24Cl2N6O5S2/c25-18-12-17(39(36,37)31-9-7-15(8-10-31)23(34)35)4-5-20(18)27-22(33)13-38-24-28-29-30-32(24)21-6-3-16(11-19(21)26)14-1-2-14/h3-6,11-12,14-15H,1-2,7-10,13H2,(H,27,33)(H,34,35). The second-order valence-electron chi connectivity index (χ2n) is 9.35. The van der Waals surface area contributed by atoms with E-state index in [0.717, 1.165) is 24.6 Å². The highest BCUT2D eigenvalue weighted by Gasteiger charge is 2.32. The zero-order valence-corrected chi connectivity index (χ0v) is 23.6. The molecule has 11 nitrogen and oxygen atoms in total. The number of carbonyl (C=O) groups excluding carboxylic acids is 1. The number of carboxylic acids is 1. The second kappa shape index (κ2) is 11.4. The molecule has 1 aliphatic heterocycles. The Kier molecular flexibility index (Phi) is 8.15. The van der Waals surface area contributed by atoms with Gasteiger partial charge >= 0.3 is 5.97 Å². The van der Waals surface area contributed by atoms with Gasteiger partial charge in [-0.1, -0.05) is 41.0 Å². The lowest BCUT2D eigenvalue weighted by atomic mass is 9.99. The number of piperidine rings is 1. The molecule has 1 aliphatic carbocycles. The maximum atomic E-state index is 13.0. The van der Waals surface area contributed by atoms with Crippen LogP contribution in [0.2, 0.25) is 10.0 Å². The van der Waals surface area contributed by atoms with Gasteiger partial charge in [0.1, 0.15) is 0 Å². The number of carbonyl (C=O) groups is 2. The van der Waals surface area contributed by atoms with Crippen molar-refractivity contribution < 1.29 is 23.1 Å². The Labute approximate surface area is 238 Å². The lowest BCUT2D eigenvalue weighted by Gasteiger charge is -2.29. The van der Waals surface area contributed by atoms with E-state index in [9.17, 15) is 18.0 Å². The van der Waals surface area contributed by atoms with E-state index in [1.54, 1.807) is 0 Å². The molecule has 2 heterocycles. The first-order chi connectivity index (χ1) is 18.6. The van der Waals surface area contributed by atoms with Crippen LogP contribution in [0.25, 0.3) is 5.69 Å². The fourth-order valence-electron chi connectivity index (χ4n) is 4.35. The summed E-state index contributed by atoms with van der Waals surface area (Å²) >= 11 is 13.9. The molecule has 1 saturated heterocycles. The molecule has 206 valence electrons. The van der Waals surface area contributed by atoms with Crippen LogP contribution in [0.15, 0.2) is 46.5 Å². The van der Waals surface area contributed by atoms with Gasteiger partial charge in [0.2, 0.25) is 21.1 Å². The summed E-state index contributed by atoms with van der Waals surface area (Å²) in [6.45, 7) is 0.226. The van der Waals surface area contributed by atoms with Crippen LogP contribution >= 0.6 is 35.0 Å². The average molecular weight is 612 g/mol. The molecule has 1 saturated carbocycles. The predicted molar refractivity (Wildman–Crippen MR) is 146 cm³/mol. The summed E-state index contributed by atoms with van der Waals surface area (Å²) in [7, 11) is -3.85. The molecular formula is C24H24Cl2N6O5S2. The molecule has 0 bridgehead atoms. The van der Waals surface area contributed by atoms with Gasteiger partial charge in [-0.15, -0.1) is 5.10 Å². The summed E-state index contributed by atoms with van der Waals surface area (Å²) in [6, 6.07) is 9.85. The van der Waals surface area contributed by atoms with E-state index in [-0.39, 0.29) is 47.3 Å². The molecule has 0 radical (unpaired) electrons. The quantitative estimate of drug-likeness (QED) is 0.342. The minimum Gasteiger partial charge on any atom is -0.481 e. The Bertz CT molecular complexity index is 1520. The number of aliphatic carboxylic acids is 1. The van der Waals surface area contributed by atoms with Crippen molar-refractivity contribution in [1.82, 2.24) is 24.5 Å². The van der Waals surface area contributed by atoms with E-state index in [0.29, 0.717) is 21.8 Å². The number of halogens is 2. The van der Waals surface area contributed by atoms with Crippen molar-refractivity contribution in [1.29, 1.82) is 0 Å². The Morgan fingerprint density at radius 3 is 2.44 bits per heavy atom. The highest BCUT2D eigenvalue weighted by Crippen LogP contribution is 2.41. The van der Waals surface area contributed by atoms with Gasteiger partial charge in [-0.05, 0) is 77.9 Å². The van der Waals surface area contributed by atoms with Crippen LogP contribution in [0.3, 0.4) is 0 Å². The van der Waals surface area contributed by atoms with Crippen molar-refractivity contribution in [2.75, 3.05) is 24.2 Å². The summed E-state index contributed by atoms with van der Waals surface area (Å²) in [4.78, 5) is 23.8. The van der Waals surface area contributed by atoms with Crippen LogP contribution < -0.4 is 5.32 Å². The number of sulfonamides is 1. The summed E-state index contributed by atoms with van der Waals surface area (Å²) < 4.78 is 28.7. The van der Waals surface area contributed by atoms with Crippen molar-refractivity contribution in [3.63, 3.8) is 0 Å². The van der Waals surface area contributed by atoms with Crippen molar-refractivity contribution in [2.24, 2.45) is 5.92 Å². The number of aromatic nitrogens is 4. The summed E-state index contributed by atoms with van der Waals surface area (Å²) in [5.74, 6) is -1.34. The van der Waals surface area contributed by atoms with Crippen molar-refractivity contribution in [3.8, 4) is 5.69 Å². The van der Waals surface area contributed by atoms with E-state index in [4.69, 9.17) is 28.3 Å². The lowest BCUT2D eigenvalue weighted by molar-refractivity contribution is -0.142. The minimum absolute atomic E-state index is 0.0302. The molecule has 2 aliphatic rings. The van der Waals surface area contributed by atoms with E-state index >= 15 is 0 Å². The number of hydrogen-bond acceptors (Lipinski definition) is 8. The maximum Gasteiger partial charge on any atom is 0.306 e. The molecule has 39 heavy (non-hydrogen) atoms. The molecule has 2 fully saturated rings. The number of anilines is 1. The highest BCUT2D eigenvalue weighted by molar-refractivity contribution is 7.99. The minimum atomic E-state index is -3.85. The Morgan fingerprint density at radius 1 is 1.05 bits per heavy atom. The van der Waals surface area contributed by atoms with Gasteiger partial charge in [-0.2, -0.15) is 8.99 Å². The number of benzene rings is 2. The monoisotopic (exact) mass is 610 g/mol. The number of rotatable bonds is 9. The lowest BCUT2D eigenvalue weighted by Crippen LogP contribution is -2.40. The third-order valence-electron chi connectivity index (χ3n) is 6.68. The third kappa shape index (κ3) is 6.22. The second-order valence-corrected chi connectivity index (χ2v) is 13.0. The predicted octanol–water partition coefficient (Wildman–Crippen LogP) is 4.06. The summed E-state index contributed by atoms with van der Waals surface area (Å²) in [6.07, 6.45) is 2.81. The van der Waals surface area contributed by atoms with Crippen LogP contribution in [0.1, 0.15) is 37.2 Å². The fourth-order valence-corrected chi connectivity index (χ4v) is 7.09. The Morgan fingerprint density at radius 2 is 1.79 bits per heavy atom. The number of nitrogens with zero attached hydrogens (tertiary/aromatic N) is 5. The van der Waals surface area contributed by atoms with Gasteiger partial charge in [0.05, 0.1) is 38.0 Å². The first-order valence-electron chi connectivity index (χ1n) is 12.2. The Hall–Kier alpha value is -2.71. The van der Waals surface area contributed by atoms with E-state index < -0.39 is 27.8 Å². The largest absolute Gasteiger partial charge is 0.481 e. The SMILES string of the molecule is O=C(CSc1nnnn1-c1ccc(C2CC2)cc1Cl)Nc1ccc(S(=O)(=O)N2CCC(C(=O)O)CC2)cc1Cl. The molecule has 1 amide bonds. The molecule has 2 aromatic carbocycles. The Balaban J connectivity index is 1.20. The van der Waals surface area contributed by atoms with Crippen molar-refractivity contribution in [2.45, 2.75) is 41.7 Å². The number of nitrogens with one attached hydrogen (secondary N) is 1. The normalized spacial score (nSPS) is 16.8. The first-order valence-corrected chi connectivity index (χ1v) is 15.3. The summed E-state index contributed by atoms with van der Waals surface area (Å²) in [5, 5.41) is 24.5. The van der Waals surface area contributed by atoms with Crippen LogP contribution in [0.4, 0.5) is 5.69 Å². The summed E-state index contributed by atoms with van der Waals surface area (Å²) in [5.41, 5.74) is 2.05. The molecule has 0 unspecified atom stereocenters. The molecule has 5 rings (SSSR count). The molecule has 3 aromatic rings. The number of carboxylic acid groups (broad SMARTS) is 1. The number of amides is 1. The van der Waals surface area contributed by atoms with E-state index in [1.165, 1.54) is 32.7 Å².